The zero-order valence-electron chi connectivity index (χ0n) is 16.2. The molecule has 2 unspecified atom stereocenters. The van der Waals surface area contributed by atoms with Crippen molar-refractivity contribution < 1.29 is 14.6 Å². The Morgan fingerprint density at radius 1 is 1.46 bits per heavy atom. The van der Waals surface area contributed by atoms with Crippen molar-refractivity contribution in [3.05, 3.63) is 54.2 Å². The van der Waals surface area contributed by atoms with Crippen molar-refractivity contribution in [2.24, 2.45) is 0 Å². The molecule has 0 spiro atoms. The van der Waals surface area contributed by atoms with Gasteiger partial charge in [-0.25, -0.2) is 0 Å². The SMILES string of the molecule is C=C/C=C\C=C(\C)C(C)OCOc1nc(N2CCC(C)(O)C2)ccc1C. The summed E-state index contributed by atoms with van der Waals surface area (Å²) in [4.78, 5) is 6.68. The third-order valence-corrected chi connectivity index (χ3v) is 4.57. The van der Waals surface area contributed by atoms with Gasteiger partial charge in [0.2, 0.25) is 5.88 Å². The Bertz CT molecular complexity index is 680. The number of nitrogens with zero attached hydrogens (tertiary/aromatic N) is 2. The zero-order valence-corrected chi connectivity index (χ0v) is 16.2. The molecule has 1 saturated heterocycles. The first-order valence-electron chi connectivity index (χ1n) is 8.97. The molecule has 0 saturated carbocycles. The number of pyridine rings is 1. The van der Waals surface area contributed by atoms with Crippen molar-refractivity contribution in [3.8, 4) is 5.88 Å². The molecule has 0 bridgehead atoms. The molecule has 0 radical (unpaired) electrons. The van der Waals surface area contributed by atoms with E-state index in [1.54, 1.807) is 6.08 Å². The van der Waals surface area contributed by atoms with E-state index in [1.165, 1.54) is 0 Å². The summed E-state index contributed by atoms with van der Waals surface area (Å²) >= 11 is 0. The summed E-state index contributed by atoms with van der Waals surface area (Å²) in [5.74, 6) is 1.39. The second-order valence-electron chi connectivity index (χ2n) is 7.06. The fourth-order valence-electron chi connectivity index (χ4n) is 2.71. The third-order valence-electron chi connectivity index (χ3n) is 4.57. The summed E-state index contributed by atoms with van der Waals surface area (Å²) in [6, 6.07) is 3.95. The molecule has 1 fully saturated rings. The molecule has 1 N–H and O–H groups in total. The van der Waals surface area contributed by atoms with Crippen molar-refractivity contribution in [1.82, 2.24) is 4.98 Å². The number of ether oxygens (including phenoxy) is 2. The predicted molar refractivity (Wildman–Crippen MR) is 106 cm³/mol. The van der Waals surface area contributed by atoms with E-state index in [0.717, 1.165) is 29.9 Å². The number of β-amino-alcohol motifs (C(OH)–C–C–N with tert-alkyl or cyclic N) is 1. The first-order chi connectivity index (χ1) is 12.3. The number of aryl methyl sites for hydroxylation is 1. The lowest BCUT2D eigenvalue weighted by molar-refractivity contribution is -0.0153. The van der Waals surface area contributed by atoms with Crippen molar-refractivity contribution >= 4 is 5.82 Å². The topological polar surface area (TPSA) is 54.8 Å². The van der Waals surface area contributed by atoms with Crippen LogP contribution in [0.25, 0.3) is 0 Å². The average Bonchev–Trinajstić information content (AvgIpc) is 2.96. The smallest absolute Gasteiger partial charge is 0.220 e. The van der Waals surface area contributed by atoms with Gasteiger partial charge in [0.1, 0.15) is 5.82 Å². The molecular formula is C21H30N2O3. The number of hydrogen-bond acceptors (Lipinski definition) is 5. The van der Waals surface area contributed by atoms with Crippen LogP contribution < -0.4 is 9.64 Å². The summed E-state index contributed by atoms with van der Waals surface area (Å²) < 4.78 is 11.5. The molecule has 1 aliphatic heterocycles. The van der Waals surface area contributed by atoms with Crippen LogP contribution in [-0.4, -0.2) is 41.7 Å². The van der Waals surface area contributed by atoms with Gasteiger partial charge in [0.05, 0.1) is 11.7 Å². The molecule has 1 aromatic heterocycles. The second kappa shape index (κ2) is 9.01. The highest BCUT2D eigenvalue weighted by Crippen LogP contribution is 2.27. The van der Waals surface area contributed by atoms with Gasteiger partial charge in [-0.2, -0.15) is 4.98 Å². The molecule has 1 aromatic rings. The second-order valence-corrected chi connectivity index (χ2v) is 7.06. The van der Waals surface area contributed by atoms with Gasteiger partial charge in [-0.15, -0.1) is 0 Å². The molecule has 142 valence electrons. The van der Waals surface area contributed by atoms with Crippen LogP contribution in [0.4, 0.5) is 5.82 Å². The number of aliphatic hydroxyl groups is 1. The molecule has 2 rings (SSSR count). The van der Waals surface area contributed by atoms with Gasteiger partial charge in [-0.3, -0.25) is 0 Å². The molecule has 5 nitrogen and oxygen atoms in total. The summed E-state index contributed by atoms with van der Waals surface area (Å²) in [7, 11) is 0. The Balaban J connectivity index is 1.93. The number of hydrogen-bond donors (Lipinski definition) is 1. The quantitative estimate of drug-likeness (QED) is 0.566. The minimum atomic E-state index is -0.657. The maximum atomic E-state index is 10.1. The standard InChI is InChI=1S/C21H30N2O3/c1-6-7-8-9-16(2)18(4)25-15-26-20-17(3)10-11-19(22-20)23-13-12-21(5,24)14-23/h6-11,18,24H,1,12-15H2,2-5H3/b8-7-,16-9-. The number of rotatable bonds is 8. The largest absolute Gasteiger partial charge is 0.450 e. The van der Waals surface area contributed by atoms with E-state index in [1.807, 2.05) is 58.1 Å². The van der Waals surface area contributed by atoms with E-state index < -0.39 is 5.60 Å². The fraction of sp³-hybridized carbons (Fsp3) is 0.476. The van der Waals surface area contributed by atoms with E-state index in [-0.39, 0.29) is 12.9 Å². The van der Waals surface area contributed by atoms with Crippen LogP contribution in [0.2, 0.25) is 0 Å². The van der Waals surface area contributed by atoms with E-state index in [2.05, 4.69) is 16.5 Å². The van der Waals surface area contributed by atoms with Gasteiger partial charge in [-0.05, 0) is 45.8 Å². The Labute approximate surface area is 156 Å². The van der Waals surface area contributed by atoms with Gasteiger partial charge in [0, 0.05) is 18.7 Å². The molecule has 0 amide bonds. The van der Waals surface area contributed by atoms with E-state index >= 15 is 0 Å². The van der Waals surface area contributed by atoms with Crippen LogP contribution in [0.3, 0.4) is 0 Å². The van der Waals surface area contributed by atoms with E-state index in [4.69, 9.17) is 9.47 Å². The molecule has 26 heavy (non-hydrogen) atoms. The van der Waals surface area contributed by atoms with E-state index in [0.29, 0.717) is 12.4 Å². The van der Waals surface area contributed by atoms with Crippen LogP contribution in [-0.2, 0) is 4.74 Å². The van der Waals surface area contributed by atoms with Crippen LogP contribution in [0.5, 0.6) is 5.88 Å². The summed E-state index contributed by atoms with van der Waals surface area (Å²) in [5, 5.41) is 10.1. The lowest BCUT2D eigenvalue weighted by atomic mass is 10.1. The highest BCUT2D eigenvalue weighted by molar-refractivity contribution is 5.45. The molecule has 2 atom stereocenters. The number of anilines is 1. The molecule has 1 aliphatic rings. The predicted octanol–water partition coefficient (Wildman–Crippen LogP) is 3.78. The maximum Gasteiger partial charge on any atom is 0.220 e. The lowest BCUT2D eigenvalue weighted by Gasteiger charge is -2.21. The van der Waals surface area contributed by atoms with Crippen molar-refractivity contribution in [1.29, 1.82) is 0 Å². The minimum Gasteiger partial charge on any atom is -0.450 e. The van der Waals surface area contributed by atoms with Crippen LogP contribution in [0.1, 0.15) is 32.8 Å². The average molecular weight is 358 g/mol. The Hall–Kier alpha value is -2.11. The monoisotopic (exact) mass is 358 g/mol. The third kappa shape index (κ3) is 5.71. The van der Waals surface area contributed by atoms with Crippen LogP contribution in [0, 0.1) is 6.92 Å². The van der Waals surface area contributed by atoms with Crippen LogP contribution >= 0.6 is 0 Å². The van der Waals surface area contributed by atoms with Gasteiger partial charge < -0.3 is 19.5 Å². The van der Waals surface area contributed by atoms with Gasteiger partial charge in [0.25, 0.3) is 0 Å². The van der Waals surface area contributed by atoms with Crippen molar-refractivity contribution in [2.75, 3.05) is 24.8 Å². The van der Waals surface area contributed by atoms with E-state index in [9.17, 15) is 5.11 Å². The maximum absolute atomic E-state index is 10.1. The highest BCUT2D eigenvalue weighted by Gasteiger charge is 2.32. The Kier molecular flexibility index (Phi) is 7.00. The Morgan fingerprint density at radius 3 is 2.88 bits per heavy atom. The highest BCUT2D eigenvalue weighted by atomic mass is 16.7. The minimum absolute atomic E-state index is 0.0540. The Morgan fingerprint density at radius 2 is 2.23 bits per heavy atom. The molecule has 2 heterocycles. The normalized spacial score (nSPS) is 22.0. The molecule has 5 heteroatoms. The van der Waals surface area contributed by atoms with Gasteiger partial charge in [0.15, 0.2) is 6.79 Å². The molecule has 0 aromatic carbocycles. The number of allylic oxidation sites excluding steroid dienone is 4. The van der Waals surface area contributed by atoms with Crippen molar-refractivity contribution in [3.63, 3.8) is 0 Å². The van der Waals surface area contributed by atoms with Gasteiger partial charge >= 0.3 is 0 Å². The molecular weight excluding hydrogens is 328 g/mol. The van der Waals surface area contributed by atoms with Gasteiger partial charge in [-0.1, -0.05) is 36.9 Å². The number of aromatic nitrogens is 1. The summed E-state index contributed by atoms with van der Waals surface area (Å²) in [6.07, 6.45) is 8.23. The first-order valence-corrected chi connectivity index (χ1v) is 8.97. The van der Waals surface area contributed by atoms with Crippen LogP contribution in [0.15, 0.2) is 48.6 Å². The lowest BCUT2D eigenvalue weighted by Crippen LogP contribution is -2.30. The van der Waals surface area contributed by atoms with Crippen molar-refractivity contribution in [2.45, 2.75) is 45.8 Å². The first kappa shape index (κ1) is 20.2. The molecule has 0 aliphatic carbocycles. The summed E-state index contributed by atoms with van der Waals surface area (Å²) in [6.45, 7) is 13.0. The fourth-order valence-corrected chi connectivity index (χ4v) is 2.71. The zero-order chi connectivity index (χ0) is 19.2. The summed E-state index contributed by atoms with van der Waals surface area (Å²) in [5.41, 5.74) is 1.40.